The third kappa shape index (κ3) is 4.67. The Kier molecular flexibility index (Phi) is 5.65. The van der Waals surface area contributed by atoms with E-state index in [1.807, 2.05) is 0 Å². The minimum Gasteiger partial charge on any atom is -0.465 e. The van der Waals surface area contributed by atoms with Gasteiger partial charge >= 0.3 is 12.1 Å². The first-order valence-electron chi connectivity index (χ1n) is 8.44. The minimum absolute atomic E-state index is 0.00598. The van der Waals surface area contributed by atoms with Gasteiger partial charge in [-0.3, -0.25) is 4.79 Å². The van der Waals surface area contributed by atoms with E-state index in [4.69, 9.17) is 9.15 Å². The predicted octanol–water partition coefficient (Wildman–Crippen LogP) is 2.59. The highest BCUT2D eigenvalue weighted by atomic mass is 32.2. The average molecular weight is 444 g/mol. The topological polar surface area (TPSA) is 117 Å². The molecule has 3 aromatic rings. The lowest BCUT2D eigenvalue weighted by atomic mass is 10.2. The number of hydrogen-bond acceptors (Lipinski definition) is 8. The molecular formula is C17H15F3N4O5S. The first-order chi connectivity index (χ1) is 14.0. The molecule has 0 saturated carbocycles. The van der Waals surface area contributed by atoms with E-state index in [1.165, 1.54) is 24.3 Å². The van der Waals surface area contributed by atoms with Gasteiger partial charge in [-0.2, -0.15) is 18.3 Å². The van der Waals surface area contributed by atoms with Crippen LogP contribution in [-0.4, -0.2) is 47.2 Å². The van der Waals surface area contributed by atoms with E-state index in [9.17, 15) is 26.4 Å². The number of nitrogens with zero attached hydrogens (tertiary/aromatic N) is 4. The fourth-order valence-corrected chi connectivity index (χ4v) is 3.15. The van der Waals surface area contributed by atoms with Gasteiger partial charge in [-0.1, -0.05) is 6.07 Å². The Hall–Kier alpha value is -3.22. The third-order valence-corrected chi connectivity index (χ3v) is 4.92. The number of hydrogen-bond donors (Lipinski definition) is 0. The molecule has 0 fully saturated rings. The van der Waals surface area contributed by atoms with Crippen LogP contribution in [0.25, 0.3) is 23.0 Å². The molecule has 2 aromatic heterocycles. The van der Waals surface area contributed by atoms with Crippen LogP contribution in [0, 0.1) is 0 Å². The molecule has 30 heavy (non-hydrogen) atoms. The molecule has 9 nitrogen and oxygen atoms in total. The number of ether oxygens (including phenoxy) is 1. The summed E-state index contributed by atoms with van der Waals surface area (Å²) in [5.74, 6) is -1.24. The summed E-state index contributed by atoms with van der Waals surface area (Å²) >= 11 is 0. The van der Waals surface area contributed by atoms with Crippen LogP contribution in [0.4, 0.5) is 13.2 Å². The predicted molar refractivity (Wildman–Crippen MR) is 95.7 cm³/mol. The van der Waals surface area contributed by atoms with Gasteiger partial charge in [-0.15, -0.1) is 10.2 Å². The second-order valence-corrected chi connectivity index (χ2v) is 8.10. The zero-order valence-electron chi connectivity index (χ0n) is 15.7. The van der Waals surface area contributed by atoms with Crippen molar-refractivity contribution < 1.29 is 35.5 Å². The number of carbonyl (C=O) groups excluding carboxylic acids is 1. The highest BCUT2D eigenvalue weighted by Crippen LogP contribution is 2.32. The molecule has 0 radical (unpaired) electrons. The highest BCUT2D eigenvalue weighted by molar-refractivity contribution is 7.90. The molecule has 0 N–H and O–H groups in total. The van der Waals surface area contributed by atoms with Gasteiger partial charge in [0.05, 0.1) is 11.5 Å². The van der Waals surface area contributed by atoms with E-state index in [2.05, 4.69) is 15.3 Å². The number of sulfone groups is 1. The molecule has 13 heteroatoms. The van der Waals surface area contributed by atoms with Crippen LogP contribution < -0.4 is 0 Å². The van der Waals surface area contributed by atoms with Crippen molar-refractivity contribution in [2.45, 2.75) is 24.5 Å². The Balaban J connectivity index is 2.02. The second-order valence-electron chi connectivity index (χ2n) is 6.09. The van der Waals surface area contributed by atoms with Crippen molar-refractivity contribution in [2.24, 2.45) is 0 Å². The van der Waals surface area contributed by atoms with Gasteiger partial charge in [0.1, 0.15) is 12.2 Å². The van der Waals surface area contributed by atoms with Crippen LogP contribution in [0.5, 0.6) is 0 Å². The van der Waals surface area contributed by atoms with Crippen molar-refractivity contribution in [1.29, 1.82) is 0 Å². The lowest BCUT2D eigenvalue weighted by molar-refractivity contribution is -0.146. The molecular weight excluding hydrogens is 429 g/mol. The Morgan fingerprint density at radius 1 is 1.20 bits per heavy atom. The molecule has 0 bridgehead atoms. The average Bonchev–Trinajstić information content (AvgIpc) is 3.28. The molecule has 0 aliphatic heterocycles. The van der Waals surface area contributed by atoms with Crippen molar-refractivity contribution in [2.75, 3.05) is 12.9 Å². The van der Waals surface area contributed by atoms with Crippen LogP contribution in [-0.2, 0) is 32.1 Å². The normalized spacial score (nSPS) is 12.2. The summed E-state index contributed by atoms with van der Waals surface area (Å²) in [7, 11) is -3.50. The second kappa shape index (κ2) is 7.89. The quantitative estimate of drug-likeness (QED) is 0.533. The molecule has 160 valence electrons. The van der Waals surface area contributed by atoms with Crippen molar-refractivity contribution in [3.63, 3.8) is 0 Å². The lowest BCUT2D eigenvalue weighted by Gasteiger charge is -2.04. The van der Waals surface area contributed by atoms with Crippen molar-refractivity contribution in [3.05, 3.63) is 36.0 Å². The fraction of sp³-hybridized carbons (Fsp3) is 0.294. The number of halogens is 3. The Bertz CT molecular complexity index is 1180. The Labute approximate surface area is 168 Å². The van der Waals surface area contributed by atoms with Crippen LogP contribution >= 0.6 is 0 Å². The van der Waals surface area contributed by atoms with Crippen molar-refractivity contribution in [3.8, 4) is 23.0 Å². The monoisotopic (exact) mass is 444 g/mol. The van der Waals surface area contributed by atoms with E-state index in [0.717, 1.165) is 10.9 Å². The number of carbonyl (C=O) groups is 1. The molecule has 0 aliphatic carbocycles. The number of alkyl halides is 3. The van der Waals surface area contributed by atoms with Crippen LogP contribution in [0.15, 0.2) is 39.6 Å². The Morgan fingerprint density at radius 2 is 1.90 bits per heavy atom. The zero-order valence-corrected chi connectivity index (χ0v) is 16.5. The van der Waals surface area contributed by atoms with E-state index in [0.29, 0.717) is 6.07 Å². The number of esters is 1. The number of aromatic nitrogens is 4. The molecule has 0 amide bonds. The first kappa shape index (κ1) is 21.5. The summed E-state index contributed by atoms with van der Waals surface area (Å²) < 4.78 is 73.6. The molecule has 3 rings (SSSR count). The molecule has 2 heterocycles. The largest absolute Gasteiger partial charge is 0.465 e. The van der Waals surface area contributed by atoms with Crippen LogP contribution in [0.3, 0.4) is 0 Å². The van der Waals surface area contributed by atoms with E-state index >= 15 is 0 Å². The standard InChI is InChI=1S/C17H15F3N4O5S/c1-3-28-14(25)9-24-12(8-13(23-24)17(18,19)20)16-22-21-15(29-16)10-5-4-6-11(7-10)30(2,26)27/h4-8H,3,9H2,1-2H3. The maximum absolute atomic E-state index is 13.1. The summed E-state index contributed by atoms with van der Waals surface area (Å²) in [6, 6.07) is 6.30. The molecule has 0 atom stereocenters. The summed E-state index contributed by atoms with van der Waals surface area (Å²) in [6.45, 7) is 1.00. The SMILES string of the molecule is CCOC(=O)Cn1nc(C(F)(F)F)cc1-c1nnc(-c2cccc(S(C)(=O)=O)c2)o1. The first-order valence-corrected chi connectivity index (χ1v) is 10.3. The number of rotatable bonds is 6. The Morgan fingerprint density at radius 3 is 2.53 bits per heavy atom. The van der Waals surface area contributed by atoms with E-state index in [1.54, 1.807) is 6.92 Å². The van der Waals surface area contributed by atoms with Crippen molar-refractivity contribution in [1.82, 2.24) is 20.0 Å². The molecule has 1 aromatic carbocycles. The minimum atomic E-state index is -4.76. The van der Waals surface area contributed by atoms with Gasteiger partial charge in [0.2, 0.25) is 5.89 Å². The zero-order chi connectivity index (χ0) is 22.1. The highest BCUT2D eigenvalue weighted by Gasteiger charge is 2.36. The smallest absolute Gasteiger partial charge is 0.435 e. The summed E-state index contributed by atoms with van der Waals surface area (Å²) in [6.07, 6.45) is -3.74. The van der Waals surface area contributed by atoms with E-state index in [-0.39, 0.29) is 34.5 Å². The number of benzene rings is 1. The summed E-state index contributed by atoms with van der Waals surface area (Å²) in [4.78, 5) is 11.7. The maximum atomic E-state index is 13.1. The lowest BCUT2D eigenvalue weighted by Crippen LogP contribution is -2.16. The third-order valence-electron chi connectivity index (χ3n) is 3.81. The van der Waals surface area contributed by atoms with Gasteiger partial charge in [-0.05, 0) is 25.1 Å². The van der Waals surface area contributed by atoms with Crippen LogP contribution in [0.1, 0.15) is 12.6 Å². The molecule has 0 spiro atoms. The summed E-state index contributed by atoms with van der Waals surface area (Å²) in [5.41, 5.74) is -1.24. The molecule has 0 unspecified atom stereocenters. The van der Waals surface area contributed by atoms with Gasteiger partial charge in [-0.25, -0.2) is 13.1 Å². The van der Waals surface area contributed by atoms with Gasteiger partial charge in [0.25, 0.3) is 5.89 Å². The van der Waals surface area contributed by atoms with Gasteiger partial charge in [0, 0.05) is 17.9 Å². The van der Waals surface area contributed by atoms with Gasteiger partial charge < -0.3 is 9.15 Å². The maximum Gasteiger partial charge on any atom is 0.435 e. The molecule has 0 aliphatic rings. The fourth-order valence-electron chi connectivity index (χ4n) is 2.48. The van der Waals surface area contributed by atoms with E-state index < -0.39 is 34.2 Å². The van der Waals surface area contributed by atoms with Gasteiger partial charge in [0.15, 0.2) is 15.5 Å². The summed E-state index contributed by atoms with van der Waals surface area (Å²) in [5, 5.41) is 10.9. The van der Waals surface area contributed by atoms with Crippen LogP contribution in [0.2, 0.25) is 0 Å². The molecule has 0 saturated heterocycles. The van der Waals surface area contributed by atoms with Crippen molar-refractivity contribution >= 4 is 15.8 Å².